The first-order valence-electron chi connectivity index (χ1n) is 7.45. The SMILES string of the molecule is CCCCNS(=O)(=O)c1cc(C(=O)O)ccc1NC(C)CC. The van der Waals surface area contributed by atoms with Gasteiger partial charge in [-0.15, -0.1) is 0 Å². The molecule has 1 unspecified atom stereocenters. The van der Waals surface area contributed by atoms with Crippen LogP contribution >= 0.6 is 0 Å². The van der Waals surface area contributed by atoms with Crippen molar-refractivity contribution in [1.82, 2.24) is 4.72 Å². The number of unbranched alkanes of at least 4 members (excludes halogenated alkanes) is 1. The summed E-state index contributed by atoms with van der Waals surface area (Å²) in [6.45, 7) is 6.22. The summed E-state index contributed by atoms with van der Waals surface area (Å²) in [5.41, 5.74) is 0.369. The van der Waals surface area contributed by atoms with Crippen LogP contribution in [-0.4, -0.2) is 32.1 Å². The number of sulfonamides is 1. The topological polar surface area (TPSA) is 95.5 Å². The maximum Gasteiger partial charge on any atom is 0.335 e. The highest BCUT2D eigenvalue weighted by Crippen LogP contribution is 2.24. The molecule has 1 aromatic rings. The van der Waals surface area contributed by atoms with Gasteiger partial charge >= 0.3 is 5.97 Å². The second-order valence-corrected chi connectivity index (χ2v) is 6.96. The molecule has 0 amide bonds. The molecule has 0 saturated heterocycles. The highest BCUT2D eigenvalue weighted by atomic mass is 32.2. The summed E-state index contributed by atoms with van der Waals surface area (Å²) in [4.78, 5) is 11.1. The predicted molar refractivity (Wildman–Crippen MR) is 86.9 cm³/mol. The molecule has 0 heterocycles. The van der Waals surface area contributed by atoms with Gasteiger partial charge in [0.05, 0.1) is 11.3 Å². The summed E-state index contributed by atoms with van der Waals surface area (Å²) in [5, 5.41) is 12.2. The Bertz CT molecular complexity index is 614. The molecule has 0 saturated carbocycles. The summed E-state index contributed by atoms with van der Waals surface area (Å²) in [6.07, 6.45) is 2.42. The Morgan fingerprint density at radius 3 is 2.55 bits per heavy atom. The zero-order valence-corrected chi connectivity index (χ0v) is 14.0. The van der Waals surface area contributed by atoms with Crippen LogP contribution in [0.3, 0.4) is 0 Å². The first-order valence-corrected chi connectivity index (χ1v) is 8.93. The summed E-state index contributed by atoms with van der Waals surface area (Å²) in [7, 11) is -3.75. The Morgan fingerprint density at radius 1 is 1.32 bits per heavy atom. The second-order valence-electron chi connectivity index (χ2n) is 5.22. The van der Waals surface area contributed by atoms with Crippen molar-refractivity contribution in [2.75, 3.05) is 11.9 Å². The third kappa shape index (κ3) is 4.99. The van der Waals surface area contributed by atoms with Crippen LogP contribution in [0.2, 0.25) is 0 Å². The average molecular weight is 328 g/mol. The van der Waals surface area contributed by atoms with Gasteiger partial charge in [0.2, 0.25) is 10.0 Å². The standard InChI is InChI=1S/C15H24N2O4S/c1-4-6-9-16-22(20,21)14-10-12(15(18)19)7-8-13(14)17-11(3)5-2/h7-8,10-11,16-17H,4-6,9H2,1-3H3,(H,18,19). The number of carboxylic acids is 1. The fourth-order valence-corrected chi connectivity index (χ4v) is 3.09. The molecule has 0 aliphatic carbocycles. The van der Waals surface area contributed by atoms with Gasteiger partial charge in [-0.1, -0.05) is 20.3 Å². The van der Waals surface area contributed by atoms with Gasteiger partial charge in [0, 0.05) is 12.6 Å². The third-order valence-electron chi connectivity index (χ3n) is 3.35. The molecule has 1 rings (SSSR count). The number of carboxylic acid groups (broad SMARTS) is 1. The zero-order chi connectivity index (χ0) is 16.8. The molecule has 0 aromatic heterocycles. The fraction of sp³-hybridized carbons (Fsp3) is 0.533. The second kappa shape index (κ2) is 8.14. The minimum Gasteiger partial charge on any atom is -0.478 e. The maximum atomic E-state index is 12.4. The van der Waals surface area contributed by atoms with Crippen LogP contribution in [0.25, 0.3) is 0 Å². The smallest absolute Gasteiger partial charge is 0.335 e. The lowest BCUT2D eigenvalue weighted by Gasteiger charge is -2.17. The van der Waals surface area contributed by atoms with E-state index in [9.17, 15) is 13.2 Å². The van der Waals surface area contributed by atoms with Crippen LogP contribution in [0.15, 0.2) is 23.1 Å². The van der Waals surface area contributed by atoms with Crippen LogP contribution in [0.4, 0.5) is 5.69 Å². The van der Waals surface area contributed by atoms with E-state index in [1.807, 2.05) is 20.8 Å². The first kappa shape index (κ1) is 18.4. The molecule has 0 aliphatic rings. The van der Waals surface area contributed by atoms with Crippen LogP contribution in [0.5, 0.6) is 0 Å². The van der Waals surface area contributed by atoms with Gasteiger partial charge in [0.15, 0.2) is 0 Å². The van der Waals surface area contributed by atoms with Crippen molar-refractivity contribution < 1.29 is 18.3 Å². The third-order valence-corrected chi connectivity index (χ3v) is 4.86. The predicted octanol–water partition coefficient (Wildman–Crippen LogP) is 2.67. The Labute approximate surface area is 132 Å². The van der Waals surface area contributed by atoms with E-state index in [0.29, 0.717) is 12.2 Å². The summed E-state index contributed by atoms with van der Waals surface area (Å²) < 4.78 is 27.4. The number of aromatic carboxylic acids is 1. The molecular weight excluding hydrogens is 304 g/mol. The highest BCUT2D eigenvalue weighted by molar-refractivity contribution is 7.89. The zero-order valence-electron chi connectivity index (χ0n) is 13.2. The van der Waals surface area contributed by atoms with E-state index in [1.165, 1.54) is 18.2 Å². The van der Waals surface area contributed by atoms with Gasteiger partial charge in [0.25, 0.3) is 0 Å². The molecule has 0 fully saturated rings. The lowest BCUT2D eigenvalue weighted by atomic mass is 10.2. The van der Waals surface area contributed by atoms with E-state index in [-0.39, 0.29) is 16.5 Å². The number of nitrogens with one attached hydrogen (secondary N) is 2. The number of rotatable bonds is 9. The first-order chi connectivity index (χ1) is 10.3. The van der Waals surface area contributed by atoms with E-state index >= 15 is 0 Å². The maximum absolute atomic E-state index is 12.4. The molecule has 6 nitrogen and oxygen atoms in total. The molecule has 7 heteroatoms. The molecule has 1 aromatic carbocycles. The van der Waals surface area contributed by atoms with Crippen molar-refractivity contribution in [1.29, 1.82) is 0 Å². The van der Waals surface area contributed by atoms with Crippen molar-refractivity contribution in [2.45, 2.75) is 51.0 Å². The Balaban J connectivity index is 3.21. The fourth-order valence-electron chi connectivity index (χ4n) is 1.83. The lowest BCUT2D eigenvalue weighted by Crippen LogP contribution is -2.27. The average Bonchev–Trinajstić information content (AvgIpc) is 2.47. The van der Waals surface area contributed by atoms with E-state index in [4.69, 9.17) is 5.11 Å². The Hall–Kier alpha value is -1.60. The van der Waals surface area contributed by atoms with Gasteiger partial charge in [-0.05, 0) is 38.0 Å². The molecule has 124 valence electrons. The molecule has 22 heavy (non-hydrogen) atoms. The van der Waals surface area contributed by atoms with E-state index in [1.54, 1.807) is 0 Å². The van der Waals surface area contributed by atoms with Crippen molar-refractivity contribution >= 4 is 21.7 Å². The minimum atomic E-state index is -3.75. The largest absolute Gasteiger partial charge is 0.478 e. The lowest BCUT2D eigenvalue weighted by molar-refractivity contribution is 0.0696. The molecule has 0 bridgehead atoms. The number of hydrogen-bond donors (Lipinski definition) is 3. The minimum absolute atomic E-state index is 0.0243. The van der Waals surface area contributed by atoms with E-state index in [2.05, 4.69) is 10.0 Å². The van der Waals surface area contributed by atoms with Crippen molar-refractivity contribution in [3.05, 3.63) is 23.8 Å². The number of anilines is 1. The molecule has 0 spiro atoms. The number of benzene rings is 1. The molecule has 0 aliphatic heterocycles. The molecular formula is C15H24N2O4S. The van der Waals surface area contributed by atoms with Crippen LogP contribution < -0.4 is 10.0 Å². The van der Waals surface area contributed by atoms with Crippen LogP contribution in [0, 0.1) is 0 Å². The highest BCUT2D eigenvalue weighted by Gasteiger charge is 2.21. The van der Waals surface area contributed by atoms with E-state index in [0.717, 1.165) is 19.3 Å². The van der Waals surface area contributed by atoms with Gasteiger partial charge < -0.3 is 10.4 Å². The van der Waals surface area contributed by atoms with Crippen LogP contribution in [-0.2, 0) is 10.0 Å². The number of hydrogen-bond acceptors (Lipinski definition) is 4. The van der Waals surface area contributed by atoms with Crippen molar-refractivity contribution in [3.8, 4) is 0 Å². The summed E-state index contributed by atoms with van der Waals surface area (Å²) >= 11 is 0. The number of carbonyl (C=O) groups is 1. The van der Waals surface area contributed by atoms with Gasteiger partial charge in [-0.3, -0.25) is 0 Å². The van der Waals surface area contributed by atoms with Crippen molar-refractivity contribution in [3.63, 3.8) is 0 Å². The Morgan fingerprint density at radius 2 is 2.00 bits per heavy atom. The summed E-state index contributed by atoms with van der Waals surface area (Å²) in [6, 6.07) is 4.18. The van der Waals surface area contributed by atoms with Crippen LogP contribution in [0.1, 0.15) is 50.4 Å². The van der Waals surface area contributed by atoms with Gasteiger partial charge in [0.1, 0.15) is 4.90 Å². The van der Waals surface area contributed by atoms with Gasteiger partial charge in [-0.2, -0.15) is 0 Å². The molecule has 1 atom stereocenters. The normalized spacial score (nSPS) is 12.9. The quantitative estimate of drug-likeness (QED) is 0.606. The Kier molecular flexibility index (Phi) is 6.83. The van der Waals surface area contributed by atoms with Gasteiger partial charge in [-0.25, -0.2) is 17.9 Å². The monoisotopic (exact) mass is 328 g/mol. The molecule has 0 radical (unpaired) electrons. The summed E-state index contributed by atoms with van der Waals surface area (Å²) in [5.74, 6) is -1.15. The van der Waals surface area contributed by atoms with E-state index < -0.39 is 16.0 Å². The van der Waals surface area contributed by atoms with Crippen molar-refractivity contribution in [2.24, 2.45) is 0 Å². The molecule has 3 N–H and O–H groups in total.